The van der Waals surface area contributed by atoms with Crippen LogP contribution in [0.2, 0.25) is 5.02 Å². The number of carbonyl (C=O) groups is 1. The summed E-state index contributed by atoms with van der Waals surface area (Å²) in [6.45, 7) is 1.79. The SMILES string of the molecule is CN(C(=O)CN)N1C(OCc2ccccc2)=c2cc(Cl)ccc2=NC1(C)Cl. The average Bonchev–Trinajstić information content (AvgIpc) is 2.65. The fraction of sp³-hybridized carbons (Fsp3) is 0.263. The third-order valence-electron chi connectivity index (χ3n) is 4.15. The molecule has 142 valence electrons. The van der Waals surface area contributed by atoms with Gasteiger partial charge in [0.1, 0.15) is 6.61 Å². The third kappa shape index (κ3) is 4.03. The lowest BCUT2D eigenvalue weighted by molar-refractivity contribution is -0.146. The Kier molecular flexibility index (Phi) is 5.60. The summed E-state index contributed by atoms with van der Waals surface area (Å²) in [6.07, 6.45) is 0. The molecule has 0 spiro atoms. The highest BCUT2D eigenvalue weighted by Crippen LogP contribution is 2.30. The van der Waals surface area contributed by atoms with Crippen molar-refractivity contribution in [3.05, 3.63) is 69.7 Å². The molecule has 1 aliphatic heterocycles. The number of likely N-dealkylation sites (N-methyl/N-ethyl adjacent to an activating group) is 1. The van der Waals surface area contributed by atoms with Crippen LogP contribution in [0, 0.1) is 0 Å². The normalized spacial score (nSPS) is 18.6. The topological polar surface area (TPSA) is 71.2 Å². The van der Waals surface area contributed by atoms with E-state index in [1.807, 2.05) is 30.3 Å². The summed E-state index contributed by atoms with van der Waals surface area (Å²) in [5.74, 6) is 0.0523. The van der Waals surface area contributed by atoms with E-state index in [2.05, 4.69) is 4.99 Å². The van der Waals surface area contributed by atoms with Crippen LogP contribution in [0.3, 0.4) is 0 Å². The Labute approximate surface area is 167 Å². The summed E-state index contributed by atoms with van der Waals surface area (Å²) < 4.78 is 6.12. The second-order valence-corrected chi connectivity index (χ2v) is 7.34. The van der Waals surface area contributed by atoms with Gasteiger partial charge in [-0.05, 0) is 30.7 Å². The minimum absolute atomic E-state index is 0.172. The lowest BCUT2D eigenvalue weighted by Crippen LogP contribution is -2.59. The van der Waals surface area contributed by atoms with Gasteiger partial charge in [-0.15, -0.1) is 0 Å². The maximum Gasteiger partial charge on any atom is 0.254 e. The molecule has 1 aliphatic rings. The molecule has 0 bridgehead atoms. The quantitative estimate of drug-likeness (QED) is 0.606. The molecule has 27 heavy (non-hydrogen) atoms. The molecule has 0 aromatic heterocycles. The van der Waals surface area contributed by atoms with Gasteiger partial charge in [0.2, 0.25) is 11.0 Å². The van der Waals surface area contributed by atoms with Crippen molar-refractivity contribution in [1.29, 1.82) is 0 Å². The van der Waals surface area contributed by atoms with Crippen molar-refractivity contribution in [1.82, 2.24) is 10.0 Å². The molecule has 1 unspecified atom stereocenters. The molecule has 2 N–H and O–H groups in total. The molecular weight excluding hydrogens is 387 g/mol. The zero-order valence-electron chi connectivity index (χ0n) is 15.0. The molecule has 6 nitrogen and oxygen atoms in total. The molecule has 1 amide bonds. The molecule has 0 saturated carbocycles. The number of hydrazine groups is 1. The zero-order valence-corrected chi connectivity index (χ0v) is 16.5. The lowest BCUT2D eigenvalue weighted by atomic mass is 10.2. The largest absolute Gasteiger partial charge is 0.472 e. The summed E-state index contributed by atoms with van der Waals surface area (Å²) in [7, 11) is 1.58. The number of hydrogen-bond acceptors (Lipinski definition) is 5. The molecule has 3 rings (SSSR count). The highest BCUT2D eigenvalue weighted by atomic mass is 35.5. The Morgan fingerprint density at radius 1 is 1.30 bits per heavy atom. The molecule has 0 aliphatic carbocycles. The van der Waals surface area contributed by atoms with Crippen molar-refractivity contribution < 1.29 is 9.53 Å². The molecule has 0 fully saturated rings. The summed E-state index contributed by atoms with van der Waals surface area (Å²) in [5.41, 5.74) is 6.51. The van der Waals surface area contributed by atoms with Crippen molar-refractivity contribution in [3.8, 4) is 0 Å². The number of ether oxygens (including phenoxy) is 1. The number of benzene rings is 2. The lowest BCUT2D eigenvalue weighted by Gasteiger charge is -2.42. The third-order valence-corrected chi connectivity index (χ3v) is 4.63. The number of nitrogens with two attached hydrogens (primary N) is 1. The summed E-state index contributed by atoms with van der Waals surface area (Å²) in [5, 5.41) is 3.34. The first-order valence-corrected chi connectivity index (χ1v) is 9.11. The Morgan fingerprint density at radius 2 is 2.00 bits per heavy atom. The Morgan fingerprint density at radius 3 is 2.67 bits per heavy atom. The van der Waals surface area contributed by atoms with Crippen LogP contribution >= 0.6 is 23.2 Å². The van der Waals surface area contributed by atoms with Gasteiger partial charge in [0.25, 0.3) is 5.91 Å². The van der Waals surface area contributed by atoms with Gasteiger partial charge in [-0.1, -0.05) is 53.5 Å². The Bertz CT molecular complexity index is 963. The van der Waals surface area contributed by atoms with Crippen LogP contribution in [0.1, 0.15) is 12.5 Å². The molecule has 0 radical (unpaired) electrons. The number of rotatable bonds is 5. The summed E-state index contributed by atoms with van der Waals surface area (Å²) in [6, 6.07) is 14.9. The maximum absolute atomic E-state index is 12.3. The van der Waals surface area contributed by atoms with Crippen LogP contribution in [0.25, 0.3) is 5.88 Å². The van der Waals surface area contributed by atoms with Gasteiger partial charge < -0.3 is 10.5 Å². The van der Waals surface area contributed by atoms with Crippen molar-refractivity contribution in [2.45, 2.75) is 18.7 Å². The minimum Gasteiger partial charge on any atom is -0.472 e. The molecule has 8 heteroatoms. The first kappa shape index (κ1) is 19.5. The summed E-state index contributed by atoms with van der Waals surface area (Å²) >= 11 is 12.9. The van der Waals surface area contributed by atoms with Crippen LogP contribution in [0.5, 0.6) is 0 Å². The van der Waals surface area contributed by atoms with E-state index < -0.39 is 5.12 Å². The van der Waals surface area contributed by atoms with E-state index in [1.54, 1.807) is 32.2 Å². The predicted molar refractivity (Wildman–Crippen MR) is 105 cm³/mol. The minimum atomic E-state index is -1.27. The molecule has 2 aromatic carbocycles. The number of fused-ring (bicyclic) bond motifs is 1. The van der Waals surface area contributed by atoms with Crippen molar-refractivity contribution in [3.63, 3.8) is 0 Å². The fourth-order valence-electron chi connectivity index (χ4n) is 2.86. The molecule has 1 heterocycles. The van der Waals surface area contributed by atoms with Crippen LogP contribution in [0.15, 0.2) is 53.5 Å². The van der Waals surface area contributed by atoms with Crippen molar-refractivity contribution >= 4 is 35.0 Å². The molecule has 2 aromatic rings. The van der Waals surface area contributed by atoms with Gasteiger partial charge in [-0.2, -0.15) is 0 Å². The number of halogens is 2. The van der Waals surface area contributed by atoms with Crippen LogP contribution in [-0.2, 0) is 16.1 Å². The molecular formula is C19H20Cl2N4O2. The highest BCUT2D eigenvalue weighted by Gasteiger charge is 2.39. The van der Waals surface area contributed by atoms with E-state index in [-0.39, 0.29) is 19.1 Å². The number of carbonyl (C=O) groups excluding carboxylic acids is 1. The smallest absolute Gasteiger partial charge is 0.254 e. The van der Waals surface area contributed by atoms with Gasteiger partial charge in [0, 0.05) is 12.1 Å². The first-order valence-electron chi connectivity index (χ1n) is 8.35. The Balaban J connectivity index is 2.13. The predicted octanol–water partition coefficient (Wildman–Crippen LogP) is 1.80. The van der Waals surface area contributed by atoms with Crippen LogP contribution < -0.4 is 16.3 Å². The molecule has 1 atom stereocenters. The maximum atomic E-state index is 12.3. The average molecular weight is 407 g/mol. The first-order chi connectivity index (χ1) is 12.8. The zero-order chi connectivity index (χ0) is 19.6. The fourth-order valence-corrected chi connectivity index (χ4v) is 3.32. The van der Waals surface area contributed by atoms with E-state index >= 15 is 0 Å². The van der Waals surface area contributed by atoms with E-state index in [0.29, 0.717) is 21.5 Å². The van der Waals surface area contributed by atoms with E-state index in [9.17, 15) is 4.79 Å². The van der Waals surface area contributed by atoms with Crippen molar-refractivity contribution in [2.75, 3.05) is 13.6 Å². The standard InChI is InChI=1S/C19H20Cl2N4O2/c1-19(21)23-16-9-8-14(20)10-15(16)18(25(19)24(2)17(26)11-22)27-12-13-6-4-3-5-7-13/h3-10H,11-12,22H2,1-2H3. The van der Waals surface area contributed by atoms with E-state index in [1.165, 1.54) is 10.0 Å². The van der Waals surface area contributed by atoms with Gasteiger partial charge in [0.15, 0.2) is 0 Å². The van der Waals surface area contributed by atoms with E-state index in [0.717, 1.165) is 5.56 Å². The second-order valence-electron chi connectivity index (χ2n) is 6.19. The molecule has 0 saturated heterocycles. The van der Waals surface area contributed by atoms with Gasteiger partial charge in [-0.25, -0.2) is 10.0 Å². The number of hydrogen-bond donors (Lipinski definition) is 1. The number of alkyl halides is 1. The van der Waals surface area contributed by atoms with E-state index in [4.69, 9.17) is 33.7 Å². The summed E-state index contributed by atoms with van der Waals surface area (Å²) in [4.78, 5) is 16.8. The monoisotopic (exact) mass is 406 g/mol. The van der Waals surface area contributed by atoms with Gasteiger partial charge >= 0.3 is 0 Å². The highest BCUT2D eigenvalue weighted by molar-refractivity contribution is 6.30. The number of nitrogens with zero attached hydrogens (tertiary/aromatic N) is 3. The van der Waals surface area contributed by atoms with Gasteiger partial charge in [0.05, 0.1) is 17.1 Å². The van der Waals surface area contributed by atoms with Crippen LogP contribution in [-0.4, -0.2) is 34.6 Å². The number of amides is 1. The van der Waals surface area contributed by atoms with Crippen molar-refractivity contribution in [2.24, 2.45) is 10.7 Å². The van der Waals surface area contributed by atoms with Crippen LogP contribution in [0.4, 0.5) is 0 Å². The Hall–Kier alpha value is -2.28. The second kappa shape index (κ2) is 7.76. The van der Waals surface area contributed by atoms with Gasteiger partial charge in [-0.3, -0.25) is 9.80 Å².